The maximum absolute atomic E-state index is 2.45. The minimum Gasteiger partial charge on any atom is -0.310 e. The highest BCUT2D eigenvalue weighted by atomic mass is 15.1. The Kier molecular flexibility index (Phi) is 7.03. The predicted molar refractivity (Wildman–Crippen MR) is 217 cm³/mol. The van der Waals surface area contributed by atoms with Crippen LogP contribution in [0.15, 0.2) is 188 Å². The SMILES string of the molecule is c1ccc(-c2cc3ccccc3cc2-c2ccc3c(ccc4cc(-c5ccc6c(c5)N(c5ccccc5)c5ccccc5CC6)ccc43)c2)cc1. The molecule has 0 saturated heterocycles. The molecule has 9 aromatic carbocycles. The number of anilines is 3. The quantitative estimate of drug-likeness (QED) is 0.172. The maximum Gasteiger partial charge on any atom is 0.0500 e. The summed E-state index contributed by atoms with van der Waals surface area (Å²) in [6.07, 6.45) is 2.05. The van der Waals surface area contributed by atoms with Gasteiger partial charge >= 0.3 is 0 Å². The molecular weight excluding hydrogens is 615 g/mol. The lowest BCUT2D eigenvalue weighted by Crippen LogP contribution is -2.11. The van der Waals surface area contributed by atoms with E-state index in [-0.39, 0.29) is 0 Å². The van der Waals surface area contributed by atoms with Gasteiger partial charge in [-0.25, -0.2) is 0 Å². The van der Waals surface area contributed by atoms with Crippen LogP contribution in [0.1, 0.15) is 11.1 Å². The number of para-hydroxylation sites is 2. The van der Waals surface area contributed by atoms with Crippen molar-refractivity contribution in [3.63, 3.8) is 0 Å². The van der Waals surface area contributed by atoms with Crippen molar-refractivity contribution in [2.75, 3.05) is 4.90 Å². The molecule has 10 rings (SSSR count). The summed E-state index contributed by atoms with van der Waals surface area (Å²) in [5, 5.41) is 7.57. The molecule has 0 aromatic heterocycles. The van der Waals surface area contributed by atoms with Crippen LogP contribution in [-0.4, -0.2) is 0 Å². The van der Waals surface area contributed by atoms with Gasteiger partial charge in [-0.1, -0.05) is 140 Å². The monoisotopic (exact) mass is 649 g/mol. The van der Waals surface area contributed by atoms with E-state index in [0.29, 0.717) is 0 Å². The summed E-state index contributed by atoms with van der Waals surface area (Å²) < 4.78 is 0. The van der Waals surface area contributed by atoms with Crippen LogP contribution < -0.4 is 4.90 Å². The number of hydrogen-bond acceptors (Lipinski definition) is 1. The van der Waals surface area contributed by atoms with Crippen LogP contribution in [0.4, 0.5) is 17.1 Å². The molecule has 0 atom stereocenters. The number of fused-ring (bicyclic) bond motifs is 6. The Morgan fingerprint density at radius 2 is 0.843 bits per heavy atom. The average Bonchev–Trinajstić information content (AvgIpc) is 3.37. The van der Waals surface area contributed by atoms with Gasteiger partial charge in [0.25, 0.3) is 0 Å². The van der Waals surface area contributed by atoms with Gasteiger partial charge in [0.1, 0.15) is 0 Å². The predicted octanol–water partition coefficient (Wildman–Crippen LogP) is 13.7. The lowest BCUT2D eigenvalue weighted by molar-refractivity contribution is 0.978. The number of aryl methyl sites for hydroxylation is 2. The van der Waals surface area contributed by atoms with E-state index >= 15 is 0 Å². The highest BCUT2D eigenvalue weighted by molar-refractivity contribution is 6.10. The molecule has 1 heterocycles. The smallest absolute Gasteiger partial charge is 0.0500 e. The van der Waals surface area contributed by atoms with E-state index in [9.17, 15) is 0 Å². The molecule has 0 radical (unpaired) electrons. The summed E-state index contributed by atoms with van der Waals surface area (Å²) in [5.41, 5.74) is 13.9. The molecule has 240 valence electrons. The van der Waals surface area contributed by atoms with Crippen molar-refractivity contribution in [1.82, 2.24) is 0 Å². The van der Waals surface area contributed by atoms with E-state index in [4.69, 9.17) is 0 Å². The van der Waals surface area contributed by atoms with Gasteiger partial charge in [-0.3, -0.25) is 0 Å². The normalized spacial score (nSPS) is 12.5. The van der Waals surface area contributed by atoms with E-state index in [1.54, 1.807) is 0 Å². The summed E-state index contributed by atoms with van der Waals surface area (Å²) >= 11 is 0. The Bertz CT molecular complexity index is 2740. The topological polar surface area (TPSA) is 3.24 Å². The van der Waals surface area contributed by atoms with Gasteiger partial charge < -0.3 is 4.90 Å². The van der Waals surface area contributed by atoms with Crippen LogP contribution in [0, 0.1) is 0 Å². The van der Waals surface area contributed by atoms with Crippen molar-refractivity contribution in [3.05, 3.63) is 199 Å². The summed E-state index contributed by atoms with van der Waals surface area (Å²) in [4.78, 5) is 2.45. The highest BCUT2D eigenvalue weighted by Crippen LogP contribution is 2.44. The first-order chi connectivity index (χ1) is 25.3. The summed E-state index contributed by atoms with van der Waals surface area (Å²) in [6, 6.07) is 69.3. The van der Waals surface area contributed by atoms with Crippen molar-refractivity contribution < 1.29 is 0 Å². The Hall–Kier alpha value is -6.44. The zero-order chi connectivity index (χ0) is 33.7. The molecule has 0 unspecified atom stereocenters. The fraction of sp³-hybridized carbons (Fsp3) is 0.0400. The van der Waals surface area contributed by atoms with E-state index in [0.717, 1.165) is 12.8 Å². The van der Waals surface area contributed by atoms with Crippen LogP contribution in [-0.2, 0) is 12.8 Å². The first-order valence-electron chi connectivity index (χ1n) is 17.9. The molecule has 0 spiro atoms. The van der Waals surface area contributed by atoms with Crippen molar-refractivity contribution in [3.8, 4) is 33.4 Å². The second-order valence-corrected chi connectivity index (χ2v) is 13.7. The molecule has 1 aliphatic rings. The van der Waals surface area contributed by atoms with Crippen LogP contribution in [0.5, 0.6) is 0 Å². The molecule has 0 fully saturated rings. The fourth-order valence-electron chi connectivity index (χ4n) is 8.11. The van der Waals surface area contributed by atoms with E-state index < -0.39 is 0 Å². The third-order valence-corrected chi connectivity index (χ3v) is 10.7. The van der Waals surface area contributed by atoms with Gasteiger partial charge in [-0.15, -0.1) is 0 Å². The molecule has 0 amide bonds. The zero-order valence-electron chi connectivity index (χ0n) is 28.3. The number of rotatable bonds is 4. The Labute approximate surface area is 298 Å². The molecule has 1 nitrogen and oxygen atoms in total. The molecule has 51 heavy (non-hydrogen) atoms. The van der Waals surface area contributed by atoms with Crippen LogP contribution in [0.3, 0.4) is 0 Å². The van der Waals surface area contributed by atoms with Crippen LogP contribution in [0.2, 0.25) is 0 Å². The molecule has 1 heteroatoms. The molecule has 0 aliphatic carbocycles. The summed E-state index contributed by atoms with van der Waals surface area (Å²) in [7, 11) is 0. The number of benzene rings is 9. The van der Waals surface area contributed by atoms with Gasteiger partial charge in [0, 0.05) is 17.1 Å². The van der Waals surface area contributed by atoms with Gasteiger partial charge in [-0.05, 0) is 138 Å². The standard InChI is InChI=1S/C50H35N/c1-3-11-34(12-4-1)47-31-37-14-7-8-15-38(37)32-48(47)43-26-28-46-42(30-43)24-23-41-29-39(25-27-45(41)46)40-22-21-36-20-19-35-13-9-10-18-49(35)51(50(36)33-40)44-16-5-2-6-17-44/h1-18,21-33H,19-20H2. The number of hydrogen-bond donors (Lipinski definition) is 0. The first kappa shape index (κ1) is 29.5. The fourth-order valence-corrected chi connectivity index (χ4v) is 8.11. The summed E-state index contributed by atoms with van der Waals surface area (Å²) in [6.45, 7) is 0. The number of nitrogens with zero attached hydrogens (tertiary/aromatic N) is 1. The minimum absolute atomic E-state index is 1.02. The van der Waals surface area contributed by atoms with Gasteiger partial charge in [-0.2, -0.15) is 0 Å². The molecule has 1 aliphatic heterocycles. The highest BCUT2D eigenvalue weighted by Gasteiger charge is 2.22. The molecule has 9 aromatic rings. The Balaban J connectivity index is 1.06. The lowest BCUT2D eigenvalue weighted by atomic mass is 9.89. The summed E-state index contributed by atoms with van der Waals surface area (Å²) in [5.74, 6) is 0. The third kappa shape index (κ3) is 5.18. The van der Waals surface area contributed by atoms with Gasteiger partial charge in [0.15, 0.2) is 0 Å². The van der Waals surface area contributed by atoms with E-state index in [1.165, 1.54) is 93.9 Å². The van der Waals surface area contributed by atoms with Crippen LogP contribution in [0.25, 0.3) is 65.7 Å². The van der Waals surface area contributed by atoms with E-state index in [1.807, 2.05) is 0 Å². The largest absolute Gasteiger partial charge is 0.310 e. The zero-order valence-corrected chi connectivity index (χ0v) is 28.3. The second kappa shape index (κ2) is 12.2. The second-order valence-electron chi connectivity index (χ2n) is 13.7. The van der Waals surface area contributed by atoms with Crippen molar-refractivity contribution in [1.29, 1.82) is 0 Å². The molecule has 0 N–H and O–H groups in total. The Morgan fingerprint density at radius 1 is 0.314 bits per heavy atom. The van der Waals surface area contributed by atoms with Crippen LogP contribution >= 0.6 is 0 Å². The van der Waals surface area contributed by atoms with E-state index in [2.05, 4.69) is 193 Å². The van der Waals surface area contributed by atoms with Gasteiger partial charge in [0.2, 0.25) is 0 Å². The van der Waals surface area contributed by atoms with Crippen molar-refractivity contribution in [2.45, 2.75) is 12.8 Å². The molecule has 0 bridgehead atoms. The van der Waals surface area contributed by atoms with Crippen molar-refractivity contribution >= 4 is 49.4 Å². The third-order valence-electron chi connectivity index (χ3n) is 10.7. The lowest BCUT2D eigenvalue weighted by Gasteiger charge is -2.27. The molecule has 0 saturated carbocycles. The van der Waals surface area contributed by atoms with Crippen molar-refractivity contribution in [2.24, 2.45) is 0 Å². The van der Waals surface area contributed by atoms with Gasteiger partial charge in [0.05, 0.1) is 0 Å². The average molecular weight is 650 g/mol. The first-order valence-corrected chi connectivity index (χ1v) is 17.9. The minimum atomic E-state index is 1.02. The molecular formula is C50H35N. The maximum atomic E-state index is 2.45. The Morgan fingerprint density at radius 3 is 1.57 bits per heavy atom.